The molecule has 0 spiro atoms. The number of hydrogen-bond donors (Lipinski definition) is 1. The lowest BCUT2D eigenvalue weighted by molar-refractivity contribution is 0.589. The highest BCUT2D eigenvalue weighted by atomic mass is 32.1. The van der Waals surface area contributed by atoms with Gasteiger partial charge < -0.3 is 5.32 Å². The predicted octanol–water partition coefficient (Wildman–Crippen LogP) is 4.22. The SMILES string of the molecule is Cc1ccsc1-c1cccc(CNC(C)C)c1. The Labute approximate surface area is 108 Å². The van der Waals surface area contributed by atoms with Crippen LogP contribution in [-0.4, -0.2) is 6.04 Å². The summed E-state index contributed by atoms with van der Waals surface area (Å²) >= 11 is 1.82. The van der Waals surface area contributed by atoms with Crippen LogP contribution in [0.15, 0.2) is 35.7 Å². The van der Waals surface area contributed by atoms with Crippen LogP contribution >= 0.6 is 11.3 Å². The molecule has 0 radical (unpaired) electrons. The predicted molar refractivity (Wildman–Crippen MR) is 76.5 cm³/mol. The number of nitrogens with one attached hydrogen (secondary N) is 1. The largest absolute Gasteiger partial charge is 0.310 e. The molecular formula is C15H19NS. The van der Waals surface area contributed by atoms with Gasteiger partial charge in [0.2, 0.25) is 0 Å². The summed E-state index contributed by atoms with van der Waals surface area (Å²) < 4.78 is 0. The molecule has 0 atom stereocenters. The van der Waals surface area contributed by atoms with E-state index in [2.05, 4.69) is 61.8 Å². The summed E-state index contributed by atoms with van der Waals surface area (Å²) in [5.41, 5.74) is 4.05. The lowest BCUT2D eigenvalue weighted by Crippen LogP contribution is -2.21. The first-order chi connectivity index (χ1) is 8.16. The Kier molecular flexibility index (Phi) is 3.97. The molecule has 0 unspecified atom stereocenters. The van der Waals surface area contributed by atoms with Crippen molar-refractivity contribution in [2.75, 3.05) is 0 Å². The van der Waals surface area contributed by atoms with Crippen molar-refractivity contribution in [3.8, 4) is 10.4 Å². The van der Waals surface area contributed by atoms with E-state index < -0.39 is 0 Å². The third-order valence-corrected chi connectivity index (χ3v) is 3.83. The molecule has 2 rings (SSSR count). The first-order valence-corrected chi connectivity index (χ1v) is 6.91. The topological polar surface area (TPSA) is 12.0 Å². The normalized spacial score (nSPS) is 11.1. The van der Waals surface area contributed by atoms with Gasteiger partial charge in [-0.2, -0.15) is 0 Å². The molecule has 0 fully saturated rings. The number of hydrogen-bond acceptors (Lipinski definition) is 2. The molecule has 0 amide bonds. The minimum Gasteiger partial charge on any atom is -0.310 e. The van der Waals surface area contributed by atoms with Gasteiger partial charge in [-0.05, 0) is 41.1 Å². The second-order valence-electron chi connectivity index (χ2n) is 4.67. The average molecular weight is 245 g/mol. The average Bonchev–Trinajstić information content (AvgIpc) is 2.73. The molecule has 17 heavy (non-hydrogen) atoms. The third kappa shape index (κ3) is 3.18. The van der Waals surface area contributed by atoms with Gasteiger partial charge in [0.05, 0.1) is 0 Å². The zero-order valence-electron chi connectivity index (χ0n) is 10.7. The van der Waals surface area contributed by atoms with E-state index in [0.29, 0.717) is 6.04 Å². The highest BCUT2D eigenvalue weighted by molar-refractivity contribution is 7.13. The second kappa shape index (κ2) is 5.48. The van der Waals surface area contributed by atoms with Gasteiger partial charge in [-0.15, -0.1) is 11.3 Å². The van der Waals surface area contributed by atoms with Crippen LogP contribution in [0.5, 0.6) is 0 Å². The minimum atomic E-state index is 0.530. The van der Waals surface area contributed by atoms with Crippen molar-refractivity contribution in [2.45, 2.75) is 33.4 Å². The van der Waals surface area contributed by atoms with Crippen LogP contribution in [0, 0.1) is 6.92 Å². The Bertz CT molecular complexity index is 485. The Morgan fingerprint density at radius 3 is 2.71 bits per heavy atom. The van der Waals surface area contributed by atoms with Crippen molar-refractivity contribution in [2.24, 2.45) is 0 Å². The van der Waals surface area contributed by atoms with E-state index in [-0.39, 0.29) is 0 Å². The van der Waals surface area contributed by atoms with Gasteiger partial charge in [-0.25, -0.2) is 0 Å². The van der Waals surface area contributed by atoms with Crippen molar-refractivity contribution in [1.29, 1.82) is 0 Å². The molecule has 1 aromatic carbocycles. The van der Waals surface area contributed by atoms with Crippen LogP contribution in [0.4, 0.5) is 0 Å². The fourth-order valence-corrected chi connectivity index (χ4v) is 2.74. The molecule has 90 valence electrons. The third-order valence-electron chi connectivity index (χ3n) is 2.77. The minimum absolute atomic E-state index is 0.530. The van der Waals surface area contributed by atoms with Crippen molar-refractivity contribution in [1.82, 2.24) is 5.32 Å². The lowest BCUT2D eigenvalue weighted by atomic mass is 10.1. The fourth-order valence-electron chi connectivity index (χ4n) is 1.81. The van der Waals surface area contributed by atoms with E-state index in [1.165, 1.54) is 21.6 Å². The zero-order chi connectivity index (χ0) is 12.3. The summed E-state index contributed by atoms with van der Waals surface area (Å²) in [5, 5.41) is 5.61. The quantitative estimate of drug-likeness (QED) is 0.850. The number of thiophene rings is 1. The van der Waals surface area contributed by atoms with E-state index in [1.54, 1.807) is 0 Å². The van der Waals surface area contributed by atoms with Crippen molar-refractivity contribution < 1.29 is 0 Å². The standard InChI is InChI=1S/C15H19NS/c1-11(2)16-10-13-5-4-6-14(9-13)15-12(3)7-8-17-15/h4-9,11,16H,10H2,1-3H3. The van der Waals surface area contributed by atoms with E-state index in [1.807, 2.05) is 11.3 Å². The molecule has 0 aliphatic heterocycles. The molecule has 0 aliphatic rings. The summed E-state index contributed by atoms with van der Waals surface area (Å²) in [5.74, 6) is 0. The lowest BCUT2D eigenvalue weighted by Gasteiger charge is -2.09. The van der Waals surface area contributed by atoms with Gasteiger partial charge in [0, 0.05) is 17.5 Å². The monoisotopic (exact) mass is 245 g/mol. The maximum Gasteiger partial charge on any atom is 0.0371 e. The van der Waals surface area contributed by atoms with Crippen LogP contribution in [0.2, 0.25) is 0 Å². The smallest absolute Gasteiger partial charge is 0.0371 e. The summed E-state index contributed by atoms with van der Waals surface area (Å²) in [6.07, 6.45) is 0. The zero-order valence-corrected chi connectivity index (χ0v) is 11.5. The van der Waals surface area contributed by atoms with Crippen LogP contribution in [0.25, 0.3) is 10.4 Å². The van der Waals surface area contributed by atoms with Gasteiger partial charge in [-0.3, -0.25) is 0 Å². The van der Waals surface area contributed by atoms with Crippen LogP contribution in [0.1, 0.15) is 25.0 Å². The summed E-state index contributed by atoms with van der Waals surface area (Å²) in [6.45, 7) is 7.46. The summed E-state index contributed by atoms with van der Waals surface area (Å²) in [4.78, 5) is 1.39. The Morgan fingerprint density at radius 1 is 1.24 bits per heavy atom. The van der Waals surface area contributed by atoms with E-state index >= 15 is 0 Å². The second-order valence-corrected chi connectivity index (χ2v) is 5.58. The van der Waals surface area contributed by atoms with Gasteiger partial charge in [0.1, 0.15) is 0 Å². The van der Waals surface area contributed by atoms with Crippen molar-refractivity contribution in [3.63, 3.8) is 0 Å². The van der Waals surface area contributed by atoms with Gasteiger partial charge in [0.25, 0.3) is 0 Å². The molecule has 0 aliphatic carbocycles. The van der Waals surface area contributed by atoms with E-state index in [9.17, 15) is 0 Å². The highest BCUT2D eigenvalue weighted by Crippen LogP contribution is 2.29. The van der Waals surface area contributed by atoms with Gasteiger partial charge >= 0.3 is 0 Å². The maximum atomic E-state index is 3.45. The van der Waals surface area contributed by atoms with Gasteiger partial charge in [0.15, 0.2) is 0 Å². The molecule has 1 N–H and O–H groups in total. The molecule has 1 nitrogen and oxygen atoms in total. The maximum absolute atomic E-state index is 3.45. The highest BCUT2D eigenvalue weighted by Gasteiger charge is 2.04. The Morgan fingerprint density at radius 2 is 2.06 bits per heavy atom. The van der Waals surface area contributed by atoms with Crippen LogP contribution < -0.4 is 5.32 Å². The van der Waals surface area contributed by atoms with Crippen LogP contribution in [0.3, 0.4) is 0 Å². The molecule has 2 aromatic rings. The first-order valence-electron chi connectivity index (χ1n) is 6.03. The fraction of sp³-hybridized carbons (Fsp3) is 0.333. The summed E-state index contributed by atoms with van der Waals surface area (Å²) in [7, 11) is 0. The molecule has 1 aromatic heterocycles. The van der Waals surface area contributed by atoms with E-state index in [0.717, 1.165) is 6.54 Å². The molecule has 2 heteroatoms. The number of aryl methyl sites for hydroxylation is 1. The Balaban J connectivity index is 2.20. The van der Waals surface area contributed by atoms with E-state index in [4.69, 9.17) is 0 Å². The first kappa shape index (κ1) is 12.3. The molecule has 0 saturated heterocycles. The molecule has 0 bridgehead atoms. The van der Waals surface area contributed by atoms with Crippen molar-refractivity contribution >= 4 is 11.3 Å². The van der Waals surface area contributed by atoms with Gasteiger partial charge in [-0.1, -0.05) is 32.0 Å². The molecule has 1 heterocycles. The number of rotatable bonds is 4. The molecule has 0 saturated carbocycles. The molecular weight excluding hydrogens is 226 g/mol. The summed E-state index contributed by atoms with van der Waals surface area (Å²) in [6, 6.07) is 11.5. The number of benzene rings is 1. The van der Waals surface area contributed by atoms with Crippen LogP contribution in [-0.2, 0) is 6.54 Å². The Hall–Kier alpha value is -1.12. The van der Waals surface area contributed by atoms with Crippen molar-refractivity contribution in [3.05, 3.63) is 46.8 Å².